The molecule has 0 unspecified atom stereocenters. The summed E-state index contributed by atoms with van der Waals surface area (Å²) in [5.41, 5.74) is 0.905. The molecule has 1 aliphatic carbocycles. The third-order valence-electron chi connectivity index (χ3n) is 4.98. The number of carboxylic acids is 1. The van der Waals surface area contributed by atoms with Crippen molar-refractivity contribution in [3.63, 3.8) is 0 Å². The van der Waals surface area contributed by atoms with E-state index < -0.39 is 5.97 Å². The molecule has 1 saturated heterocycles. The Morgan fingerprint density at radius 3 is 2.91 bits per heavy atom. The molecule has 0 bridgehead atoms. The van der Waals surface area contributed by atoms with Gasteiger partial charge in [0.1, 0.15) is 5.82 Å². The van der Waals surface area contributed by atoms with Crippen molar-refractivity contribution in [3.05, 3.63) is 35.6 Å². The Labute approximate surface area is 135 Å². The summed E-state index contributed by atoms with van der Waals surface area (Å²) >= 11 is 0. The molecule has 1 N–H and O–H groups in total. The summed E-state index contributed by atoms with van der Waals surface area (Å²) in [6.45, 7) is 1.42. The highest BCUT2D eigenvalue weighted by molar-refractivity contribution is 5.83. The Morgan fingerprint density at radius 2 is 2.17 bits per heavy atom. The number of amides is 1. The molecule has 3 atom stereocenters. The van der Waals surface area contributed by atoms with E-state index in [1.165, 1.54) is 12.1 Å². The van der Waals surface area contributed by atoms with Crippen molar-refractivity contribution in [2.24, 2.45) is 11.8 Å². The lowest BCUT2D eigenvalue weighted by Gasteiger charge is -2.33. The lowest BCUT2D eigenvalue weighted by molar-refractivity contribution is -0.137. The van der Waals surface area contributed by atoms with Crippen LogP contribution in [0.5, 0.6) is 0 Å². The van der Waals surface area contributed by atoms with Crippen LogP contribution in [0, 0.1) is 17.7 Å². The number of nitrogens with zero attached hydrogens (tertiary/aromatic N) is 1. The number of hydrogen-bond acceptors (Lipinski definition) is 2. The molecule has 2 aliphatic rings. The van der Waals surface area contributed by atoms with E-state index in [4.69, 9.17) is 5.11 Å². The molecule has 1 aliphatic heterocycles. The van der Waals surface area contributed by atoms with Gasteiger partial charge in [0.05, 0.1) is 0 Å². The van der Waals surface area contributed by atoms with E-state index in [9.17, 15) is 14.0 Å². The van der Waals surface area contributed by atoms with Gasteiger partial charge in [0, 0.05) is 25.4 Å². The number of hydrogen-bond donors (Lipinski definition) is 1. The second kappa shape index (κ2) is 6.69. The van der Waals surface area contributed by atoms with Crippen molar-refractivity contribution in [2.75, 3.05) is 13.1 Å². The maximum absolute atomic E-state index is 13.3. The normalized spacial score (nSPS) is 26.8. The second-order valence-corrected chi connectivity index (χ2v) is 6.73. The highest BCUT2D eigenvalue weighted by Gasteiger charge is 2.46. The molecule has 1 heterocycles. The molecule has 5 heteroatoms. The number of benzene rings is 1. The van der Waals surface area contributed by atoms with Gasteiger partial charge in [-0.05, 0) is 55.2 Å². The summed E-state index contributed by atoms with van der Waals surface area (Å²) in [4.78, 5) is 25.2. The van der Waals surface area contributed by atoms with Crippen molar-refractivity contribution < 1.29 is 19.1 Å². The molecule has 0 spiro atoms. The number of rotatable bonds is 5. The molecule has 124 valence electrons. The largest absolute Gasteiger partial charge is 0.481 e. The van der Waals surface area contributed by atoms with Crippen LogP contribution in [0.1, 0.15) is 43.6 Å². The van der Waals surface area contributed by atoms with E-state index in [1.807, 2.05) is 11.0 Å². The van der Waals surface area contributed by atoms with Gasteiger partial charge in [0.2, 0.25) is 5.91 Å². The summed E-state index contributed by atoms with van der Waals surface area (Å²) in [6, 6.07) is 6.50. The van der Waals surface area contributed by atoms with Crippen LogP contribution in [0.4, 0.5) is 4.39 Å². The lowest BCUT2D eigenvalue weighted by Crippen LogP contribution is -2.41. The molecule has 0 radical (unpaired) electrons. The van der Waals surface area contributed by atoms with Crippen molar-refractivity contribution in [1.29, 1.82) is 0 Å². The number of carbonyl (C=O) groups excluding carboxylic acids is 1. The smallest absolute Gasteiger partial charge is 0.303 e. The average molecular weight is 319 g/mol. The average Bonchev–Trinajstić information content (AvgIpc) is 3.33. The fourth-order valence-corrected chi connectivity index (χ4v) is 3.64. The van der Waals surface area contributed by atoms with Gasteiger partial charge in [0.25, 0.3) is 0 Å². The molecule has 2 fully saturated rings. The molecule has 1 aromatic carbocycles. The zero-order valence-electron chi connectivity index (χ0n) is 13.1. The van der Waals surface area contributed by atoms with Crippen LogP contribution in [0.2, 0.25) is 0 Å². The van der Waals surface area contributed by atoms with Crippen LogP contribution in [0.15, 0.2) is 24.3 Å². The topological polar surface area (TPSA) is 57.6 Å². The number of halogens is 1. The summed E-state index contributed by atoms with van der Waals surface area (Å²) in [6.07, 6.45) is 3.53. The molecule has 0 aromatic heterocycles. The van der Waals surface area contributed by atoms with Gasteiger partial charge in [-0.2, -0.15) is 0 Å². The molecule has 1 amide bonds. The first-order valence-electron chi connectivity index (χ1n) is 8.30. The van der Waals surface area contributed by atoms with Crippen LogP contribution < -0.4 is 0 Å². The molecule has 1 aromatic rings. The van der Waals surface area contributed by atoms with Gasteiger partial charge in [-0.1, -0.05) is 12.1 Å². The summed E-state index contributed by atoms with van der Waals surface area (Å²) < 4.78 is 13.3. The van der Waals surface area contributed by atoms with Gasteiger partial charge in [0.15, 0.2) is 0 Å². The quantitative estimate of drug-likeness (QED) is 0.907. The predicted molar refractivity (Wildman–Crippen MR) is 83.4 cm³/mol. The van der Waals surface area contributed by atoms with Crippen LogP contribution >= 0.6 is 0 Å². The highest BCUT2D eigenvalue weighted by atomic mass is 19.1. The van der Waals surface area contributed by atoms with Crippen LogP contribution in [0.25, 0.3) is 0 Å². The maximum Gasteiger partial charge on any atom is 0.303 e. The van der Waals surface area contributed by atoms with Crippen LogP contribution in [-0.2, 0) is 9.59 Å². The molecule has 1 saturated carbocycles. The minimum atomic E-state index is -0.776. The Kier molecular flexibility index (Phi) is 4.64. The van der Waals surface area contributed by atoms with Crippen molar-refractivity contribution >= 4 is 11.9 Å². The van der Waals surface area contributed by atoms with Gasteiger partial charge < -0.3 is 10.0 Å². The van der Waals surface area contributed by atoms with E-state index in [1.54, 1.807) is 6.07 Å². The Bertz CT molecular complexity index is 604. The number of piperidine rings is 1. The minimum Gasteiger partial charge on any atom is -0.481 e. The van der Waals surface area contributed by atoms with Gasteiger partial charge in [-0.3, -0.25) is 9.59 Å². The summed E-state index contributed by atoms with van der Waals surface area (Å²) in [5, 5.41) is 8.79. The Hall–Kier alpha value is -1.91. The van der Waals surface area contributed by atoms with Crippen LogP contribution in [-0.4, -0.2) is 35.0 Å². The van der Waals surface area contributed by atoms with Gasteiger partial charge in [-0.15, -0.1) is 0 Å². The maximum atomic E-state index is 13.3. The number of likely N-dealkylation sites (tertiary alicyclic amines) is 1. The van der Waals surface area contributed by atoms with Gasteiger partial charge in [-0.25, -0.2) is 4.39 Å². The second-order valence-electron chi connectivity index (χ2n) is 6.73. The van der Waals surface area contributed by atoms with Crippen molar-refractivity contribution in [2.45, 2.75) is 38.0 Å². The molecular weight excluding hydrogens is 297 g/mol. The third-order valence-corrected chi connectivity index (χ3v) is 4.98. The first kappa shape index (κ1) is 16.0. The molecule has 3 rings (SSSR count). The van der Waals surface area contributed by atoms with E-state index in [0.29, 0.717) is 13.0 Å². The lowest BCUT2D eigenvalue weighted by atomic mass is 9.93. The van der Waals surface area contributed by atoms with Gasteiger partial charge >= 0.3 is 5.97 Å². The van der Waals surface area contributed by atoms with E-state index in [2.05, 4.69) is 0 Å². The van der Waals surface area contributed by atoms with E-state index in [-0.39, 0.29) is 35.9 Å². The first-order chi connectivity index (χ1) is 11.0. The fourth-order valence-electron chi connectivity index (χ4n) is 3.64. The number of aliphatic carboxylic acids is 1. The van der Waals surface area contributed by atoms with Crippen molar-refractivity contribution in [1.82, 2.24) is 4.90 Å². The SMILES string of the molecule is O=C(O)CC[C@@H]1CCCN(C(=O)[C@H]2C[C@@H]2c2cccc(F)c2)C1. The molecule has 4 nitrogen and oxygen atoms in total. The zero-order valence-corrected chi connectivity index (χ0v) is 13.1. The Balaban J connectivity index is 1.55. The minimum absolute atomic E-state index is 0.0324. The molecule has 23 heavy (non-hydrogen) atoms. The Morgan fingerprint density at radius 1 is 1.35 bits per heavy atom. The standard InChI is InChI=1S/C18H22FNO3/c19-14-5-1-4-13(9-14)15-10-16(15)18(23)20-8-2-3-12(11-20)6-7-17(21)22/h1,4-5,9,12,15-16H,2-3,6-8,10-11H2,(H,21,22)/t12-,15+,16-/m0/s1. The fraction of sp³-hybridized carbons (Fsp3) is 0.556. The number of carbonyl (C=O) groups is 2. The highest BCUT2D eigenvalue weighted by Crippen LogP contribution is 2.48. The van der Waals surface area contributed by atoms with Crippen LogP contribution in [0.3, 0.4) is 0 Å². The van der Waals surface area contributed by atoms with E-state index in [0.717, 1.165) is 31.4 Å². The first-order valence-corrected chi connectivity index (χ1v) is 8.30. The third kappa shape index (κ3) is 3.89. The molecular formula is C18H22FNO3. The summed E-state index contributed by atoms with van der Waals surface area (Å²) in [5.74, 6) is -0.490. The zero-order chi connectivity index (χ0) is 16.4. The predicted octanol–water partition coefficient (Wildman–Crippen LogP) is 3.03. The summed E-state index contributed by atoms with van der Waals surface area (Å²) in [7, 11) is 0. The van der Waals surface area contributed by atoms with E-state index >= 15 is 0 Å². The number of carboxylic acid groups (broad SMARTS) is 1. The monoisotopic (exact) mass is 319 g/mol. The van der Waals surface area contributed by atoms with Crippen molar-refractivity contribution in [3.8, 4) is 0 Å².